The van der Waals surface area contributed by atoms with Gasteiger partial charge in [-0.15, -0.1) is 0 Å². The highest BCUT2D eigenvalue weighted by Gasteiger charge is 2.09. The van der Waals surface area contributed by atoms with E-state index in [4.69, 9.17) is 9.84 Å². The lowest BCUT2D eigenvalue weighted by molar-refractivity contribution is -0.131. The summed E-state index contributed by atoms with van der Waals surface area (Å²) in [6.07, 6.45) is 31.9. The number of ether oxygens (including phenoxy) is 1. The highest BCUT2D eigenvalue weighted by atomic mass is 16.5. The molecule has 204 valence electrons. The zero-order chi connectivity index (χ0) is 25.9. The molecule has 0 spiro atoms. The van der Waals surface area contributed by atoms with Crippen molar-refractivity contribution >= 4 is 5.97 Å². The Hall–Kier alpha value is -1.87. The summed E-state index contributed by atoms with van der Waals surface area (Å²) in [5, 5.41) is 8.58. The molecule has 0 aliphatic carbocycles. The minimum atomic E-state index is -0.896. The Labute approximate surface area is 222 Å². The van der Waals surface area contributed by atoms with Gasteiger partial charge in [0.15, 0.2) is 0 Å². The van der Waals surface area contributed by atoms with E-state index < -0.39 is 5.97 Å². The molecular weight excluding hydrogens is 444 g/mol. The first-order valence-electron chi connectivity index (χ1n) is 14.9. The van der Waals surface area contributed by atoms with Crippen LogP contribution in [0.3, 0.4) is 0 Å². The Morgan fingerprint density at radius 1 is 0.750 bits per heavy atom. The average Bonchev–Trinajstić information content (AvgIpc) is 2.88. The minimum Gasteiger partial charge on any atom is -0.478 e. The molecule has 0 bridgehead atoms. The maximum atomic E-state index is 10.4. The fourth-order valence-electron chi connectivity index (χ4n) is 4.61. The summed E-state index contributed by atoms with van der Waals surface area (Å²) < 4.78 is 6.35. The molecule has 1 aromatic carbocycles. The predicted molar refractivity (Wildman–Crippen MR) is 154 cm³/mol. The van der Waals surface area contributed by atoms with E-state index >= 15 is 0 Å². The largest absolute Gasteiger partial charge is 0.478 e. The number of carbonyl (C=O) groups is 1. The number of hydrogen-bond acceptors (Lipinski definition) is 2. The van der Waals surface area contributed by atoms with E-state index in [2.05, 4.69) is 43.3 Å². The molecule has 0 fully saturated rings. The second-order valence-corrected chi connectivity index (χ2v) is 10.2. The molecule has 1 aromatic rings. The SMILES string of the molecule is CCCCCCCCCCCCCCC(CCCCCCC=CC=CC(=O)O)OCc1ccccc1. The number of rotatable bonds is 25. The lowest BCUT2D eigenvalue weighted by Gasteiger charge is -2.18. The first kappa shape index (κ1) is 32.2. The molecular formula is C33H54O3. The number of aliphatic carboxylic acids is 1. The van der Waals surface area contributed by atoms with E-state index in [-0.39, 0.29) is 0 Å². The molecule has 36 heavy (non-hydrogen) atoms. The van der Waals surface area contributed by atoms with Gasteiger partial charge in [-0.05, 0) is 31.2 Å². The molecule has 0 amide bonds. The van der Waals surface area contributed by atoms with Crippen LogP contribution >= 0.6 is 0 Å². The van der Waals surface area contributed by atoms with E-state index in [0.717, 1.165) is 25.9 Å². The average molecular weight is 499 g/mol. The van der Waals surface area contributed by atoms with Gasteiger partial charge in [-0.3, -0.25) is 0 Å². The summed E-state index contributed by atoms with van der Waals surface area (Å²) in [5.74, 6) is -0.896. The Balaban J connectivity index is 2.15. The van der Waals surface area contributed by atoms with Crippen LogP contribution in [0.15, 0.2) is 54.6 Å². The van der Waals surface area contributed by atoms with Crippen molar-refractivity contribution in [3.63, 3.8) is 0 Å². The second kappa shape index (κ2) is 24.8. The summed E-state index contributed by atoms with van der Waals surface area (Å²) in [6, 6.07) is 10.5. The van der Waals surface area contributed by atoms with Crippen molar-refractivity contribution in [1.29, 1.82) is 0 Å². The van der Waals surface area contributed by atoms with Crippen molar-refractivity contribution in [3.05, 3.63) is 60.2 Å². The van der Waals surface area contributed by atoms with E-state index in [9.17, 15) is 4.79 Å². The molecule has 0 aromatic heterocycles. The molecule has 0 aliphatic heterocycles. The van der Waals surface area contributed by atoms with E-state index in [0.29, 0.717) is 6.10 Å². The first-order valence-corrected chi connectivity index (χ1v) is 14.9. The van der Waals surface area contributed by atoms with Gasteiger partial charge >= 0.3 is 5.97 Å². The van der Waals surface area contributed by atoms with Gasteiger partial charge in [0.05, 0.1) is 12.7 Å². The number of benzene rings is 1. The van der Waals surface area contributed by atoms with Crippen molar-refractivity contribution in [3.8, 4) is 0 Å². The number of carboxylic acids is 1. The van der Waals surface area contributed by atoms with Gasteiger partial charge in [0.2, 0.25) is 0 Å². The van der Waals surface area contributed by atoms with Crippen molar-refractivity contribution in [2.24, 2.45) is 0 Å². The summed E-state index contributed by atoms with van der Waals surface area (Å²) >= 11 is 0. The Kier molecular flexibility index (Phi) is 22.2. The smallest absolute Gasteiger partial charge is 0.328 e. The third kappa shape index (κ3) is 21.4. The predicted octanol–water partition coefficient (Wildman–Crippen LogP) is 10.2. The van der Waals surface area contributed by atoms with E-state index in [1.54, 1.807) is 6.08 Å². The lowest BCUT2D eigenvalue weighted by Crippen LogP contribution is -2.13. The Morgan fingerprint density at radius 2 is 1.28 bits per heavy atom. The third-order valence-electron chi connectivity index (χ3n) is 6.84. The Bertz CT molecular complexity index is 665. The van der Waals surface area contributed by atoms with Crippen LogP contribution in [0.4, 0.5) is 0 Å². The van der Waals surface area contributed by atoms with Crippen molar-refractivity contribution < 1.29 is 14.6 Å². The summed E-state index contributed by atoms with van der Waals surface area (Å²) in [7, 11) is 0. The first-order chi connectivity index (χ1) is 17.7. The zero-order valence-electron chi connectivity index (χ0n) is 23.2. The molecule has 1 atom stereocenters. The molecule has 1 rings (SSSR count). The quantitative estimate of drug-likeness (QED) is 0.0828. The van der Waals surface area contributed by atoms with Gasteiger partial charge < -0.3 is 9.84 Å². The summed E-state index contributed by atoms with van der Waals surface area (Å²) in [6.45, 7) is 3.01. The van der Waals surface area contributed by atoms with E-state index in [1.807, 2.05) is 6.08 Å². The van der Waals surface area contributed by atoms with Crippen LogP contribution in [0, 0.1) is 0 Å². The third-order valence-corrected chi connectivity index (χ3v) is 6.84. The van der Waals surface area contributed by atoms with Gasteiger partial charge in [0, 0.05) is 6.08 Å². The number of unbranched alkanes of at least 4 members (excludes halogenated alkanes) is 15. The van der Waals surface area contributed by atoms with E-state index in [1.165, 1.54) is 114 Å². The molecule has 3 nitrogen and oxygen atoms in total. The van der Waals surface area contributed by atoms with Gasteiger partial charge in [0.25, 0.3) is 0 Å². The monoisotopic (exact) mass is 498 g/mol. The highest BCUT2D eigenvalue weighted by molar-refractivity contribution is 5.80. The van der Waals surface area contributed by atoms with Crippen LogP contribution < -0.4 is 0 Å². The van der Waals surface area contributed by atoms with Crippen molar-refractivity contribution in [1.82, 2.24) is 0 Å². The number of carboxylic acid groups (broad SMARTS) is 1. The molecule has 1 N–H and O–H groups in total. The van der Waals surface area contributed by atoms with Crippen molar-refractivity contribution in [2.45, 2.75) is 142 Å². The molecule has 0 saturated heterocycles. The van der Waals surface area contributed by atoms with Gasteiger partial charge in [-0.25, -0.2) is 4.79 Å². The Morgan fingerprint density at radius 3 is 1.83 bits per heavy atom. The second-order valence-electron chi connectivity index (χ2n) is 10.2. The normalized spacial score (nSPS) is 12.6. The van der Waals surface area contributed by atoms with Crippen LogP contribution in [0.25, 0.3) is 0 Å². The number of allylic oxidation sites excluding steroid dienone is 3. The fourth-order valence-corrected chi connectivity index (χ4v) is 4.61. The topological polar surface area (TPSA) is 46.5 Å². The minimum absolute atomic E-state index is 0.370. The molecule has 0 saturated carbocycles. The van der Waals surface area contributed by atoms with Gasteiger partial charge in [-0.2, -0.15) is 0 Å². The van der Waals surface area contributed by atoms with Crippen molar-refractivity contribution in [2.75, 3.05) is 0 Å². The molecule has 1 unspecified atom stereocenters. The lowest BCUT2D eigenvalue weighted by atomic mass is 10.0. The fraction of sp³-hybridized carbons (Fsp3) is 0.667. The van der Waals surface area contributed by atoms with Gasteiger partial charge in [0.1, 0.15) is 0 Å². The maximum absolute atomic E-state index is 10.4. The van der Waals surface area contributed by atoms with Crippen LogP contribution in [-0.2, 0) is 16.1 Å². The van der Waals surface area contributed by atoms with Gasteiger partial charge in [-0.1, -0.05) is 152 Å². The van der Waals surface area contributed by atoms with Crippen LogP contribution in [0.1, 0.15) is 134 Å². The summed E-state index contributed by atoms with van der Waals surface area (Å²) in [4.78, 5) is 10.4. The maximum Gasteiger partial charge on any atom is 0.328 e. The molecule has 0 radical (unpaired) electrons. The number of hydrogen-bond donors (Lipinski definition) is 1. The molecule has 0 heterocycles. The highest BCUT2D eigenvalue weighted by Crippen LogP contribution is 2.18. The zero-order valence-corrected chi connectivity index (χ0v) is 23.2. The van der Waals surface area contributed by atoms with Crippen LogP contribution in [0.2, 0.25) is 0 Å². The van der Waals surface area contributed by atoms with Crippen LogP contribution in [0.5, 0.6) is 0 Å². The molecule has 3 heteroatoms. The summed E-state index contributed by atoms with van der Waals surface area (Å²) in [5.41, 5.74) is 1.26. The molecule has 0 aliphatic rings. The standard InChI is InChI=1S/C33H54O3/c1-2-3-4-5-6-7-8-9-10-13-16-22-27-32(36-30-31-25-20-19-21-26-31)28-23-17-14-11-12-15-18-24-29-33(34)35/h15,18-21,24-26,29,32H,2-14,16-17,22-23,27-28,30H2,1H3,(H,34,35). The van der Waals surface area contributed by atoms with Crippen LogP contribution in [-0.4, -0.2) is 17.2 Å².